The van der Waals surface area contributed by atoms with Gasteiger partial charge in [-0.1, -0.05) is 0 Å². The second kappa shape index (κ2) is 5.45. The third kappa shape index (κ3) is 2.82. The second-order valence-electron chi connectivity index (χ2n) is 5.09. The van der Waals surface area contributed by atoms with Gasteiger partial charge in [0.25, 0.3) is 10.0 Å². The van der Waals surface area contributed by atoms with Gasteiger partial charge in [0.05, 0.1) is 17.7 Å². The van der Waals surface area contributed by atoms with Crippen molar-refractivity contribution in [1.82, 2.24) is 9.97 Å². The zero-order chi connectivity index (χ0) is 15.7. The SMILES string of the molecule is COc1c(NS(=O)(=O)c2ccc(N)cc2)ncnc1C1CC1. The topological polar surface area (TPSA) is 107 Å². The van der Waals surface area contributed by atoms with Gasteiger partial charge in [0.1, 0.15) is 6.33 Å². The molecule has 3 rings (SSSR count). The molecule has 0 amide bonds. The van der Waals surface area contributed by atoms with E-state index in [0.29, 0.717) is 17.4 Å². The van der Waals surface area contributed by atoms with E-state index in [1.165, 1.54) is 37.7 Å². The molecule has 0 aliphatic heterocycles. The van der Waals surface area contributed by atoms with Gasteiger partial charge in [0.15, 0.2) is 11.6 Å². The van der Waals surface area contributed by atoms with Crippen molar-refractivity contribution in [3.05, 3.63) is 36.3 Å². The first-order valence-corrected chi connectivity index (χ1v) is 8.27. The fourth-order valence-corrected chi connectivity index (χ4v) is 3.15. The molecule has 0 bridgehead atoms. The molecule has 0 radical (unpaired) electrons. The lowest BCUT2D eigenvalue weighted by molar-refractivity contribution is 0.407. The van der Waals surface area contributed by atoms with Gasteiger partial charge in [-0.2, -0.15) is 0 Å². The van der Waals surface area contributed by atoms with E-state index in [-0.39, 0.29) is 10.7 Å². The van der Waals surface area contributed by atoms with Crippen LogP contribution in [-0.2, 0) is 10.0 Å². The van der Waals surface area contributed by atoms with Crippen molar-refractivity contribution in [3.63, 3.8) is 0 Å². The highest BCUT2D eigenvalue weighted by molar-refractivity contribution is 7.92. The van der Waals surface area contributed by atoms with E-state index >= 15 is 0 Å². The van der Waals surface area contributed by atoms with Gasteiger partial charge in [-0.3, -0.25) is 4.72 Å². The number of sulfonamides is 1. The predicted octanol–water partition coefficient (Wildman–Crippen LogP) is 1.75. The lowest BCUT2D eigenvalue weighted by Crippen LogP contribution is -2.15. The summed E-state index contributed by atoms with van der Waals surface area (Å²) in [6.45, 7) is 0. The highest BCUT2D eigenvalue weighted by Crippen LogP contribution is 2.44. The maximum absolute atomic E-state index is 12.4. The van der Waals surface area contributed by atoms with Gasteiger partial charge >= 0.3 is 0 Å². The Kier molecular flexibility index (Phi) is 3.61. The van der Waals surface area contributed by atoms with E-state index in [1.807, 2.05) is 0 Å². The molecule has 0 atom stereocenters. The van der Waals surface area contributed by atoms with Crippen LogP contribution in [0.5, 0.6) is 5.75 Å². The maximum atomic E-state index is 12.4. The normalized spacial score (nSPS) is 14.6. The Bertz CT molecular complexity index is 786. The highest BCUT2D eigenvalue weighted by Gasteiger charge is 2.31. The monoisotopic (exact) mass is 320 g/mol. The Balaban J connectivity index is 1.95. The lowest BCUT2D eigenvalue weighted by Gasteiger charge is -2.13. The molecule has 1 fully saturated rings. The Morgan fingerprint density at radius 2 is 1.91 bits per heavy atom. The number of nitrogens with two attached hydrogens (primary N) is 1. The van der Waals surface area contributed by atoms with E-state index in [4.69, 9.17) is 10.5 Å². The number of hydrogen-bond acceptors (Lipinski definition) is 6. The van der Waals surface area contributed by atoms with E-state index in [9.17, 15) is 8.42 Å². The Morgan fingerprint density at radius 1 is 1.23 bits per heavy atom. The van der Waals surface area contributed by atoms with Gasteiger partial charge in [-0.05, 0) is 37.1 Å². The molecule has 2 aromatic rings. The Labute approximate surface area is 128 Å². The standard InChI is InChI=1S/C14H16N4O3S/c1-21-13-12(9-2-3-9)16-8-17-14(13)18-22(19,20)11-6-4-10(15)5-7-11/h4-9H,2-3,15H2,1H3,(H,16,17,18). The fourth-order valence-electron chi connectivity index (χ4n) is 2.14. The van der Waals surface area contributed by atoms with Crippen LogP contribution in [0.25, 0.3) is 0 Å². The molecule has 3 N–H and O–H groups in total. The summed E-state index contributed by atoms with van der Waals surface area (Å²) in [5.74, 6) is 0.845. The Hall–Kier alpha value is -2.35. The van der Waals surface area contributed by atoms with E-state index < -0.39 is 10.0 Å². The molecule has 0 spiro atoms. The Morgan fingerprint density at radius 3 is 2.50 bits per heavy atom. The summed E-state index contributed by atoms with van der Waals surface area (Å²) in [5.41, 5.74) is 6.81. The van der Waals surface area contributed by atoms with Crippen LogP contribution in [-0.4, -0.2) is 25.5 Å². The number of methoxy groups -OCH3 is 1. The number of nitrogens with zero attached hydrogens (tertiary/aromatic N) is 2. The average Bonchev–Trinajstić information content (AvgIpc) is 3.31. The number of rotatable bonds is 5. The van der Waals surface area contributed by atoms with Crippen LogP contribution >= 0.6 is 0 Å². The molecule has 116 valence electrons. The van der Waals surface area contributed by atoms with E-state index in [1.54, 1.807) is 0 Å². The number of anilines is 2. The smallest absolute Gasteiger partial charge is 0.263 e. The first-order chi connectivity index (χ1) is 10.5. The molecule has 1 heterocycles. The lowest BCUT2D eigenvalue weighted by atomic mass is 10.2. The third-order valence-electron chi connectivity index (χ3n) is 3.42. The number of nitrogens with one attached hydrogen (secondary N) is 1. The van der Waals surface area contributed by atoms with Crippen LogP contribution in [0.3, 0.4) is 0 Å². The van der Waals surface area contributed by atoms with Gasteiger partial charge in [-0.25, -0.2) is 18.4 Å². The van der Waals surface area contributed by atoms with Crippen molar-refractivity contribution in [2.45, 2.75) is 23.7 Å². The summed E-state index contributed by atoms with van der Waals surface area (Å²) in [5, 5.41) is 0. The largest absolute Gasteiger partial charge is 0.491 e. The summed E-state index contributed by atoms with van der Waals surface area (Å²) >= 11 is 0. The number of hydrogen-bond donors (Lipinski definition) is 2. The molecule has 0 unspecified atom stereocenters. The molecular formula is C14H16N4O3S. The molecule has 22 heavy (non-hydrogen) atoms. The van der Waals surface area contributed by atoms with Gasteiger partial charge < -0.3 is 10.5 Å². The quantitative estimate of drug-likeness (QED) is 0.813. The van der Waals surface area contributed by atoms with Crippen molar-refractivity contribution in [3.8, 4) is 5.75 Å². The van der Waals surface area contributed by atoms with Crippen LogP contribution in [0.1, 0.15) is 24.5 Å². The number of ether oxygens (including phenoxy) is 1. The third-order valence-corrected chi connectivity index (χ3v) is 4.78. The molecule has 0 saturated heterocycles. The molecule has 1 aromatic carbocycles. The summed E-state index contributed by atoms with van der Waals surface area (Å²) in [4.78, 5) is 8.30. The zero-order valence-electron chi connectivity index (χ0n) is 12.0. The molecule has 8 heteroatoms. The van der Waals surface area contributed by atoms with Crippen molar-refractivity contribution < 1.29 is 13.2 Å². The maximum Gasteiger partial charge on any atom is 0.263 e. The van der Waals surface area contributed by atoms with Crippen molar-refractivity contribution in [2.24, 2.45) is 0 Å². The summed E-state index contributed by atoms with van der Waals surface area (Å²) in [6.07, 6.45) is 3.39. The molecule has 1 aliphatic carbocycles. The molecule has 1 aromatic heterocycles. The molecule has 1 saturated carbocycles. The van der Waals surface area contributed by atoms with Crippen LogP contribution in [0.4, 0.5) is 11.5 Å². The van der Waals surface area contributed by atoms with Gasteiger partial charge in [0.2, 0.25) is 0 Å². The zero-order valence-corrected chi connectivity index (χ0v) is 12.8. The second-order valence-corrected chi connectivity index (χ2v) is 6.77. The van der Waals surface area contributed by atoms with Crippen LogP contribution in [0, 0.1) is 0 Å². The van der Waals surface area contributed by atoms with Crippen LogP contribution in [0.2, 0.25) is 0 Å². The average molecular weight is 320 g/mol. The van der Waals surface area contributed by atoms with E-state index in [0.717, 1.165) is 18.5 Å². The van der Waals surface area contributed by atoms with Crippen molar-refractivity contribution in [2.75, 3.05) is 17.6 Å². The minimum atomic E-state index is -3.76. The first-order valence-electron chi connectivity index (χ1n) is 6.78. The number of aromatic nitrogens is 2. The van der Waals surface area contributed by atoms with Crippen LogP contribution in [0.15, 0.2) is 35.5 Å². The predicted molar refractivity (Wildman–Crippen MR) is 82.2 cm³/mol. The van der Waals surface area contributed by atoms with Crippen LogP contribution < -0.4 is 15.2 Å². The number of nitrogen functional groups attached to an aromatic ring is 1. The summed E-state index contributed by atoms with van der Waals surface area (Å²) in [7, 11) is -2.28. The summed E-state index contributed by atoms with van der Waals surface area (Å²) in [6, 6.07) is 5.93. The van der Waals surface area contributed by atoms with E-state index in [2.05, 4.69) is 14.7 Å². The van der Waals surface area contributed by atoms with Crippen molar-refractivity contribution in [1.29, 1.82) is 0 Å². The molecular weight excluding hydrogens is 304 g/mol. The minimum Gasteiger partial charge on any atom is -0.491 e. The first kappa shape index (κ1) is 14.6. The van der Waals surface area contributed by atoms with Gasteiger partial charge in [-0.15, -0.1) is 0 Å². The van der Waals surface area contributed by atoms with Crippen molar-refractivity contribution >= 4 is 21.5 Å². The molecule has 1 aliphatic rings. The number of benzene rings is 1. The highest BCUT2D eigenvalue weighted by atomic mass is 32.2. The minimum absolute atomic E-state index is 0.107. The summed E-state index contributed by atoms with van der Waals surface area (Å²) < 4.78 is 32.6. The fraction of sp³-hybridized carbons (Fsp3) is 0.286. The van der Waals surface area contributed by atoms with Gasteiger partial charge in [0, 0.05) is 11.6 Å². The molecule has 7 nitrogen and oxygen atoms in total.